The Balaban J connectivity index is 0.976. The Labute approximate surface area is 321 Å². The molecule has 3 amide bonds. The van der Waals surface area contributed by atoms with Gasteiger partial charge in [-0.05, 0) is 79.9 Å². The molecule has 4 aliphatic rings. The molecule has 3 N–H and O–H groups in total. The van der Waals surface area contributed by atoms with E-state index in [0.717, 1.165) is 44.3 Å². The molecule has 0 unspecified atom stereocenters. The first-order valence-electron chi connectivity index (χ1n) is 18.9. The number of likely N-dealkylation sites (tertiary alicyclic amines) is 1. The van der Waals surface area contributed by atoms with Crippen LogP contribution in [0.1, 0.15) is 43.2 Å². The topological polar surface area (TPSA) is 149 Å². The average Bonchev–Trinajstić information content (AvgIpc) is 3.54. The summed E-state index contributed by atoms with van der Waals surface area (Å²) in [7, 11) is 0. The predicted octanol–water partition coefficient (Wildman–Crippen LogP) is 4.88. The van der Waals surface area contributed by atoms with Crippen molar-refractivity contribution in [1.29, 1.82) is 0 Å². The van der Waals surface area contributed by atoms with E-state index in [4.69, 9.17) is 16.1 Å². The van der Waals surface area contributed by atoms with Crippen molar-refractivity contribution in [3.05, 3.63) is 71.7 Å². The summed E-state index contributed by atoms with van der Waals surface area (Å²) in [5.74, 6) is 1.28. The van der Waals surface area contributed by atoms with Crippen LogP contribution in [0.5, 0.6) is 11.8 Å². The number of hydrogen-bond donors (Lipinski definition) is 3. The summed E-state index contributed by atoms with van der Waals surface area (Å²) >= 11 is 0. The van der Waals surface area contributed by atoms with Gasteiger partial charge in [0.05, 0.1) is 29.4 Å². The number of aromatic nitrogens is 4. The van der Waals surface area contributed by atoms with Gasteiger partial charge in [0, 0.05) is 68.0 Å². The molecule has 0 aliphatic carbocycles. The van der Waals surface area contributed by atoms with E-state index in [-0.39, 0.29) is 69.8 Å². The molecule has 4 fully saturated rings. The molecule has 56 heavy (non-hydrogen) atoms. The fourth-order valence-electron chi connectivity index (χ4n) is 8.57. The minimum Gasteiger partial charge on any atom is -0.508 e. The number of ether oxygens (including phenoxy) is 1. The molecule has 2 aromatic carbocycles. The van der Waals surface area contributed by atoms with Gasteiger partial charge in [-0.3, -0.25) is 29.9 Å². The van der Waals surface area contributed by atoms with Crippen LogP contribution in [0.2, 0.25) is 0 Å². The number of rotatable bonds is 8. The van der Waals surface area contributed by atoms with E-state index in [0.29, 0.717) is 55.1 Å². The maximum Gasteiger partial charge on any atom is 0.328 e. The van der Waals surface area contributed by atoms with Crippen LogP contribution < -0.4 is 25.2 Å². The molecular formula is C41H39F2N9O4. The normalized spacial score (nSPS) is 20.4. The zero-order valence-electron chi connectivity index (χ0n) is 30.5. The number of nitrogens with one attached hydrogen (secondary N) is 2. The highest BCUT2D eigenvalue weighted by Gasteiger charge is 2.35. The number of urea groups is 1. The number of halogens is 2. The van der Waals surface area contributed by atoms with Crippen LogP contribution in [0.4, 0.5) is 25.1 Å². The van der Waals surface area contributed by atoms with E-state index in [1.807, 2.05) is 6.07 Å². The third-order valence-corrected chi connectivity index (χ3v) is 11.4. The summed E-state index contributed by atoms with van der Waals surface area (Å²) in [6.45, 7) is 4.20. The molecule has 2 atom stereocenters. The van der Waals surface area contributed by atoms with Crippen LogP contribution in [0.15, 0.2) is 48.9 Å². The predicted molar refractivity (Wildman–Crippen MR) is 205 cm³/mol. The molecule has 3 aromatic heterocycles. The second kappa shape index (κ2) is 14.6. The van der Waals surface area contributed by atoms with Crippen molar-refractivity contribution in [2.24, 2.45) is 5.92 Å². The number of terminal acetylenes is 1. The molecule has 13 nitrogen and oxygen atoms in total. The fraction of sp³-hybridized carbons (Fsp3) is 0.366. The minimum atomic E-state index is -0.759. The number of hydrogen-bond acceptors (Lipinski definition) is 11. The van der Waals surface area contributed by atoms with Crippen LogP contribution in [0.25, 0.3) is 32.9 Å². The van der Waals surface area contributed by atoms with Crippen molar-refractivity contribution in [1.82, 2.24) is 35.5 Å². The minimum absolute atomic E-state index is 0.00533. The number of amides is 3. The lowest BCUT2D eigenvalue weighted by atomic mass is 9.96. The number of nitrogens with zero attached hydrogens (tertiary/aromatic N) is 7. The van der Waals surface area contributed by atoms with E-state index in [1.165, 1.54) is 30.5 Å². The standard InChI is InChI=1S/C41H39F2N9O4/c1-2-29-32(42)6-3-24-15-28(53)16-30(35(24)29)37-36(43)38-31(17-45-37)39(51-20-26-4-5-27(21-51)46-26)49-40(48-38)56-22-23-8-12-50(13-9-23)19-25-7-11-44-18-33(25)52-14-10-34(54)47-41(52)55/h1,3,6-7,11,15-18,23,26-27,46,53H,4-5,8-10,12-14,19-22H2,(H,47,54,55)/t26-,27+. The lowest BCUT2D eigenvalue weighted by molar-refractivity contribution is -0.120. The van der Waals surface area contributed by atoms with E-state index in [1.54, 1.807) is 17.3 Å². The highest BCUT2D eigenvalue weighted by atomic mass is 19.1. The van der Waals surface area contributed by atoms with Gasteiger partial charge in [0.2, 0.25) is 5.91 Å². The number of piperazine rings is 1. The number of aromatic hydroxyl groups is 1. The number of imide groups is 1. The van der Waals surface area contributed by atoms with Crippen molar-refractivity contribution >= 4 is 45.1 Å². The molecular weight excluding hydrogens is 721 g/mol. The summed E-state index contributed by atoms with van der Waals surface area (Å²) in [4.78, 5) is 48.5. The van der Waals surface area contributed by atoms with Crippen LogP contribution in [-0.2, 0) is 11.3 Å². The summed E-state index contributed by atoms with van der Waals surface area (Å²) in [5.41, 5.74) is 1.61. The third kappa shape index (κ3) is 6.69. The van der Waals surface area contributed by atoms with Gasteiger partial charge in [-0.25, -0.2) is 13.6 Å². The Morgan fingerprint density at radius 3 is 2.57 bits per heavy atom. The molecule has 0 radical (unpaired) electrons. The van der Waals surface area contributed by atoms with E-state index in [9.17, 15) is 19.1 Å². The summed E-state index contributed by atoms with van der Waals surface area (Å²) < 4.78 is 38.1. The lowest BCUT2D eigenvalue weighted by Gasteiger charge is -2.34. The number of phenols is 1. The van der Waals surface area contributed by atoms with Gasteiger partial charge in [-0.2, -0.15) is 9.97 Å². The zero-order valence-corrected chi connectivity index (χ0v) is 30.5. The maximum atomic E-state index is 16.9. The number of fused-ring (bicyclic) bond motifs is 4. The third-order valence-electron chi connectivity index (χ3n) is 11.4. The van der Waals surface area contributed by atoms with Crippen molar-refractivity contribution in [2.75, 3.05) is 49.1 Å². The zero-order chi connectivity index (χ0) is 38.5. The van der Waals surface area contributed by atoms with Crippen LogP contribution in [0, 0.1) is 29.9 Å². The average molecular weight is 760 g/mol. The van der Waals surface area contributed by atoms with E-state index >= 15 is 4.39 Å². The molecule has 2 bridgehead atoms. The molecule has 9 rings (SSSR count). The Hall–Kier alpha value is -5.98. The van der Waals surface area contributed by atoms with E-state index < -0.39 is 17.7 Å². The Kier molecular flexibility index (Phi) is 9.30. The first-order valence-corrected chi connectivity index (χ1v) is 18.9. The number of piperidine rings is 1. The van der Waals surface area contributed by atoms with Crippen LogP contribution in [0.3, 0.4) is 0 Å². The van der Waals surface area contributed by atoms with Crippen LogP contribution in [-0.4, -0.2) is 93.3 Å². The monoisotopic (exact) mass is 759 g/mol. The van der Waals surface area contributed by atoms with Crippen molar-refractivity contribution in [2.45, 2.75) is 50.7 Å². The fourth-order valence-corrected chi connectivity index (χ4v) is 8.57. The molecule has 7 heterocycles. The maximum absolute atomic E-state index is 16.9. The molecule has 4 saturated heterocycles. The summed E-state index contributed by atoms with van der Waals surface area (Å²) in [5, 5.41) is 17.7. The summed E-state index contributed by atoms with van der Waals surface area (Å²) in [6, 6.07) is 7.57. The molecule has 0 saturated carbocycles. The van der Waals surface area contributed by atoms with Gasteiger partial charge < -0.3 is 20.1 Å². The van der Waals surface area contributed by atoms with Crippen molar-refractivity contribution in [3.63, 3.8) is 0 Å². The Bertz CT molecular complexity index is 2420. The molecule has 286 valence electrons. The Morgan fingerprint density at radius 1 is 1.00 bits per heavy atom. The number of phenolic OH excluding ortho intramolecular Hbond substituents is 1. The number of benzene rings is 2. The van der Waals surface area contributed by atoms with Gasteiger partial charge >= 0.3 is 12.0 Å². The number of anilines is 2. The van der Waals surface area contributed by atoms with E-state index in [2.05, 4.69) is 41.3 Å². The molecule has 0 spiro atoms. The van der Waals surface area contributed by atoms with Gasteiger partial charge in [-0.1, -0.05) is 12.0 Å². The van der Waals surface area contributed by atoms with Gasteiger partial charge in [0.25, 0.3) is 0 Å². The van der Waals surface area contributed by atoms with Crippen molar-refractivity contribution in [3.8, 4) is 35.4 Å². The SMILES string of the molecule is C#Cc1c(F)ccc2cc(O)cc(-c3ncc4c(N5C[C@H]6CC[C@@H](C5)N6)nc(OCC5CCN(Cc6ccncc6N6CCC(=O)NC6=O)CC5)nc4c3F)c12. The number of carbonyl (C=O) groups is 2. The highest BCUT2D eigenvalue weighted by Crippen LogP contribution is 2.39. The second-order valence-corrected chi connectivity index (χ2v) is 15.0. The van der Waals surface area contributed by atoms with Crippen LogP contribution >= 0.6 is 0 Å². The molecule has 4 aliphatic heterocycles. The second-order valence-electron chi connectivity index (χ2n) is 15.0. The summed E-state index contributed by atoms with van der Waals surface area (Å²) in [6.07, 6.45) is 14.6. The van der Waals surface area contributed by atoms with Gasteiger partial charge in [0.1, 0.15) is 28.6 Å². The smallest absolute Gasteiger partial charge is 0.328 e. The Morgan fingerprint density at radius 2 is 1.80 bits per heavy atom. The lowest BCUT2D eigenvalue weighted by Crippen LogP contribution is -2.51. The van der Waals surface area contributed by atoms with Gasteiger partial charge in [-0.15, -0.1) is 6.42 Å². The first kappa shape index (κ1) is 35.7. The highest BCUT2D eigenvalue weighted by molar-refractivity contribution is 6.06. The number of carbonyl (C=O) groups excluding carboxylic acids is 2. The van der Waals surface area contributed by atoms with Gasteiger partial charge in [0.15, 0.2) is 5.82 Å². The number of pyridine rings is 2. The largest absolute Gasteiger partial charge is 0.508 e. The van der Waals surface area contributed by atoms with Crippen molar-refractivity contribution < 1.29 is 28.2 Å². The molecule has 5 aromatic rings. The molecule has 15 heteroatoms. The quantitative estimate of drug-likeness (QED) is 0.186. The first-order chi connectivity index (χ1) is 27.2.